The highest BCUT2D eigenvalue weighted by molar-refractivity contribution is 7.89. The van der Waals surface area contributed by atoms with Crippen LogP contribution in [-0.2, 0) is 23.0 Å². The molecule has 28 heavy (non-hydrogen) atoms. The second-order valence-electron chi connectivity index (χ2n) is 6.86. The summed E-state index contributed by atoms with van der Waals surface area (Å²) in [5.74, 6) is 0. The minimum absolute atomic E-state index is 0.161. The number of nitrogens with two attached hydrogens (primary N) is 1. The number of benzene rings is 3. The van der Waals surface area contributed by atoms with E-state index in [9.17, 15) is 13.7 Å². The average molecular weight is 389 g/mol. The summed E-state index contributed by atoms with van der Waals surface area (Å²) in [7, 11) is -3.68. The molecule has 1 aliphatic rings. The van der Waals surface area contributed by atoms with Gasteiger partial charge in [0.15, 0.2) is 0 Å². The van der Waals surface area contributed by atoms with Crippen LogP contribution in [0.1, 0.15) is 16.7 Å². The molecule has 0 unspecified atom stereocenters. The molecule has 6 heteroatoms. The normalized spacial score (nSPS) is 13.2. The lowest BCUT2D eigenvalue weighted by Crippen LogP contribution is -2.19. The van der Waals surface area contributed by atoms with Crippen molar-refractivity contribution in [2.45, 2.75) is 17.9 Å². The Kier molecular flexibility index (Phi) is 4.63. The van der Waals surface area contributed by atoms with Crippen molar-refractivity contribution in [1.82, 2.24) is 0 Å². The van der Waals surface area contributed by atoms with Gasteiger partial charge in [-0.15, -0.1) is 0 Å². The van der Waals surface area contributed by atoms with Gasteiger partial charge in [-0.1, -0.05) is 42.5 Å². The van der Waals surface area contributed by atoms with E-state index >= 15 is 0 Å². The van der Waals surface area contributed by atoms with Crippen LogP contribution >= 0.6 is 0 Å². The van der Waals surface area contributed by atoms with Crippen molar-refractivity contribution in [3.8, 4) is 17.2 Å². The molecule has 2 N–H and O–H groups in total. The summed E-state index contributed by atoms with van der Waals surface area (Å²) in [6.45, 7) is 1.57. The zero-order chi connectivity index (χ0) is 19.7. The topological polar surface area (TPSA) is 87.2 Å². The van der Waals surface area contributed by atoms with Gasteiger partial charge in [-0.25, -0.2) is 13.6 Å². The Bertz CT molecular complexity index is 1180. The van der Waals surface area contributed by atoms with E-state index in [1.807, 2.05) is 42.5 Å². The molecule has 1 aliphatic heterocycles. The first-order valence-corrected chi connectivity index (χ1v) is 10.5. The van der Waals surface area contributed by atoms with Gasteiger partial charge in [-0.05, 0) is 52.9 Å². The fraction of sp³-hybridized carbons (Fsp3) is 0.136. The number of hydrogen-bond acceptors (Lipinski definition) is 4. The summed E-state index contributed by atoms with van der Waals surface area (Å²) in [6.07, 6.45) is 0.798. The molecule has 3 aromatic rings. The van der Waals surface area contributed by atoms with E-state index in [1.165, 1.54) is 0 Å². The molecule has 0 aliphatic carbocycles. The SMILES string of the molecule is N#Cc1ccccc1-c1ccc(CN2CCc3cc(S(N)(=O)=O)ccc32)cc1. The predicted octanol–water partition coefficient (Wildman–Crippen LogP) is 3.44. The summed E-state index contributed by atoms with van der Waals surface area (Å²) in [6, 6.07) is 23.1. The Hall–Kier alpha value is -3.14. The Balaban J connectivity index is 1.55. The van der Waals surface area contributed by atoms with Gasteiger partial charge in [0, 0.05) is 18.8 Å². The quantitative estimate of drug-likeness (QED) is 0.740. The van der Waals surface area contributed by atoms with Gasteiger partial charge in [-0.2, -0.15) is 5.26 Å². The van der Waals surface area contributed by atoms with E-state index in [1.54, 1.807) is 12.1 Å². The highest BCUT2D eigenvalue weighted by atomic mass is 32.2. The lowest BCUT2D eigenvalue weighted by atomic mass is 9.99. The number of fused-ring (bicyclic) bond motifs is 1. The van der Waals surface area contributed by atoms with E-state index in [-0.39, 0.29) is 4.90 Å². The van der Waals surface area contributed by atoms with Crippen molar-refractivity contribution >= 4 is 15.7 Å². The maximum atomic E-state index is 11.5. The highest BCUT2D eigenvalue weighted by Gasteiger charge is 2.21. The van der Waals surface area contributed by atoms with Gasteiger partial charge >= 0.3 is 0 Å². The minimum atomic E-state index is -3.68. The zero-order valence-corrected chi connectivity index (χ0v) is 16.0. The molecule has 0 spiro atoms. The van der Waals surface area contributed by atoms with Gasteiger partial charge in [0.1, 0.15) is 0 Å². The van der Waals surface area contributed by atoms with Crippen LogP contribution < -0.4 is 10.0 Å². The number of sulfonamides is 1. The number of primary sulfonamides is 1. The molecule has 0 bridgehead atoms. The lowest BCUT2D eigenvalue weighted by molar-refractivity contribution is 0.597. The van der Waals surface area contributed by atoms with Crippen molar-refractivity contribution in [1.29, 1.82) is 5.26 Å². The van der Waals surface area contributed by atoms with Crippen molar-refractivity contribution in [2.24, 2.45) is 5.14 Å². The van der Waals surface area contributed by atoms with Crippen molar-refractivity contribution in [2.75, 3.05) is 11.4 Å². The first-order valence-electron chi connectivity index (χ1n) is 8.95. The molecular formula is C22H19N3O2S. The smallest absolute Gasteiger partial charge is 0.238 e. The highest BCUT2D eigenvalue weighted by Crippen LogP contribution is 2.31. The van der Waals surface area contributed by atoms with E-state index in [4.69, 9.17) is 5.14 Å². The minimum Gasteiger partial charge on any atom is -0.367 e. The second kappa shape index (κ2) is 7.12. The van der Waals surface area contributed by atoms with E-state index in [0.717, 1.165) is 47.5 Å². The van der Waals surface area contributed by atoms with Gasteiger partial charge < -0.3 is 4.90 Å². The molecule has 0 aromatic heterocycles. The fourth-order valence-electron chi connectivity index (χ4n) is 3.63. The summed E-state index contributed by atoms with van der Waals surface area (Å²) in [5, 5.41) is 14.5. The summed E-state index contributed by atoms with van der Waals surface area (Å²) in [4.78, 5) is 2.40. The molecule has 0 saturated heterocycles. The first-order chi connectivity index (χ1) is 13.5. The molecule has 4 rings (SSSR count). The molecular weight excluding hydrogens is 370 g/mol. The van der Waals surface area contributed by atoms with Crippen LogP contribution in [0.5, 0.6) is 0 Å². The van der Waals surface area contributed by atoms with Gasteiger partial charge in [0.2, 0.25) is 10.0 Å². The molecule has 1 heterocycles. The molecule has 0 atom stereocenters. The molecule has 0 amide bonds. The van der Waals surface area contributed by atoms with Gasteiger partial charge in [-0.3, -0.25) is 0 Å². The third-order valence-corrected chi connectivity index (χ3v) is 5.97. The monoisotopic (exact) mass is 389 g/mol. The number of hydrogen-bond donors (Lipinski definition) is 1. The van der Waals surface area contributed by atoms with E-state index in [0.29, 0.717) is 5.56 Å². The number of nitriles is 1. The van der Waals surface area contributed by atoms with Gasteiger partial charge in [0.25, 0.3) is 0 Å². The lowest BCUT2D eigenvalue weighted by Gasteiger charge is -2.20. The Morgan fingerprint density at radius 2 is 1.79 bits per heavy atom. The van der Waals surface area contributed by atoms with Crippen molar-refractivity contribution < 1.29 is 8.42 Å². The average Bonchev–Trinajstić information content (AvgIpc) is 3.10. The Morgan fingerprint density at radius 3 is 2.50 bits per heavy atom. The van der Waals surface area contributed by atoms with Crippen LogP contribution in [0.4, 0.5) is 5.69 Å². The number of anilines is 1. The summed E-state index contributed by atoms with van der Waals surface area (Å²) >= 11 is 0. The van der Waals surface area contributed by atoms with Crippen LogP contribution in [-0.4, -0.2) is 15.0 Å². The van der Waals surface area contributed by atoms with Crippen LogP contribution in [0.2, 0.25) is 0 Å². The van der Waals surface area contributed by atoms with E-state index < -0.39 is 10.0 Å². The molecule has 5 nitrogen and oxygen atoms in total. The maximum absolute atomic E-state index is 11.5. The molecule has 3 aromatic carbocycles. The molecule has 0 radical (unpaired) electrons. The number of rotatable bonds is 4. The second-order valence-corrected chi connectivity index (χ2v) is 8.42. The summed E-state index contributed by atoms with van der Waals surface area (Å²) < 4.78 is 23.1. The van der Waals surface area contributed by atoms with E-state index in [2.05, 4.69) is 23.1 Å². The zero-order valence-electron chi connectivity index (χ0n) is 15.2. The standard InChI is InChI=1S/C22H19N3O2S/c23-14-19-3-1-2-4-21(19)17-7-5-16(6-8-17)15-25-12-11-18-13-20(28(24,26)27)9-10-22(18)25/h1-10,13H,11-12,15H2,(H2,24,26,27). The third-order valence-electron chi connectivity index (χ3n) is 5.06. The van der Waals surface area contributed by atoms with Crippen LogP contribution in [0, 0.1) is 11.3 Å². The van der Waals surface area contributed by atoms with Crippen molar-refractivity contribution in [3.05, 3.63) is 83.4 Å². The Labute approximate surface area is 164 Å². The maximum Gasteiger partial charge on any atom is 0.238 e. The predicted molar refractivity (Wildman–Crippen MR) is 109 cm³/mol. The fourth-order valence-corrected chi connectivity index (χ4v) is 4.19. The van der Waals surface area contributed by atoms with Crippen LogP contribution in [0.25, 0.3) is 11.1 Å². The summed E-state index contributed by atoms with van der Waals surface area (Å²) in [5.41, 5.74) is 5.81. The number of nitrogens with zero attached hydrogens (tertiary/aromatic N) is 2. The first kappa shape index (κ1) is 18.2. The third kappa shape index (κ3) is 3.50. The largest absolute Gasteiger partial charge is 0.367 e. The molecule has 140 valence electrons. The van der Waals surface area contributed by atoms with Crippen LogP contribution in [0.15, 0.2) is 71.6 Å². The molecule has 0 saturated carbocycles. The van der Waals surface area contributed by atoms with Gasteiger partial charge in [0.05, 0.1) is 16.5 Å². The molecule has 0 fully saturated rings. The van der Waals surface area contributed by atoms with Crippen molar-refractivity contribution in [3.63, 3.8) is 0 Å². The van der Waals surface area contributed by atoms with Crippen LogP contribution in [0.3, 0.4) is 0 Å². The Morgan fingerprint density at radius 1 is 1.04 bits per heavy atom.